The second-order valence-corrected chi connectivity index (χ2v) is 8.45. The Labute approximate surface area is 179 Å². The third kappa shape index (κ3) is 3.62. The van der Waals surface area contributed by atoms with E-state index in [2.05, 4.69) is 22.3 Å². The summed E-state index contributed by atoms with van der Waals surface area (Å²) in [6.07, 6.45) is 7.97. The molecule has 5 rings (SSSR count). The van der Waals surface area contributed by atoms with Gasteiger partial charge in [0.2, 0.25) is 11.7 Å². The molecule has 2 atom stereocenters. The van der Waals surface area contributed by atoms with Crippen molar-refractivity contribution in [2.45, 2.75) is 51.7 Å². The van der Waals surface area contributed by atoms with E-state index in [4.69, 9.17) is 0 Å². The van der Waals surface area contributed by atoms with Crippen molar-refractivity contribution in [2.75, 3.05) is 0 Å². The fourth-order valence-corrected chi connectivity index (χ4v) is 4.62. The highest BCUT2D eigenvalue weighted by atomic mass is 16.2. The molecule has 1 aliphatic carbocycles. The number of para-hydroxylation sites is 2. The van der Waals surface area contributed by atoms with E-state index in [1.165, 1.54) is 11.1 Å². The summed E-state index contributed by atoms with van der Waals surface area (Å²) in [5.41, 5.74) is 2.24. The van der Waals surface area contributed by atoms with E-state index in [-0.39, 0.29) is 24.2 Å². The van der Waals surface area contributed by atoms with Gasteiger partial charge in [-0.15, -0.1) is 5.10 Å². The minimum absolute atomic E-state index is 0.0451. The molecule has 0 unspecified atom stereocenters. The monoisotopic (exact) mass is 418 g/mol. The molecule has 0 aliphatic heterocycles. The van der Waals surface area contributed by atoms with Crippen LogP contribution in [0.4, 0.5) is 0 Å². The quantitative estimate of drug-likeness (QED) is 0.540. The number of fused-ring (bicyclic) bond motifs is 3. The smallest absolute Gasteiger partial charge is 0.352 e. The summed E-state index contributed by atoms with van der Waals surface area (Å²) in [6, 6.07) is 11.6. The molecule has 0 spiro atoms. The van der Waals surface area contributed by atoms with Crippen LogP contribution in [0.5, 0.6) is 0 Å². The fourth-order valence-electron chi connectivity index (χ4n) is 4.62. The maximum Gasteiger partial charge on any atom is 0.352 e. The van der Waals surface area contributed by atoms with Crippen molar-refractivity contribution in [1.82, 2.24) is 29.0 Å². The molecule has 0 bridgehead atoms. The number of nitrogens with zero attached hydrogens (tertiary/aromatic N) is 5. The maximum atomic E-state index is 13.1. The summed E-state index contributed by atoms with van der Waals surface area (Å²) in [5.74, 6) is 0.915. The first-order chi connectivity index (χ1) is 15.1. The lowest BCUT2D eigenvalue weighted by atomic mass is 9.86. The Hall–Kier alpha value is -3.42. The predicted octanol–water partition coefficient (Wildman–Crippen LogP) is 2.59. The van der Waals surface area contributed by atoms with Gasteiger partial charge in [0.05, 0.1) is 17.6 Å². The van der Waals surface area contributed by atoms with Gasteiger partial charge in [0.15, 0.2) is 0 Å². The number of amides is 1. The Bertz CT molecular complexity index is 1290. The van der Waals surface area contributed by atoms with Crippen LogP contribution in [-0.2, 0) is 17.9 Å². The van der Waals surface area contributed by atoms with E-state index in [9.17, 15) is 9.59 Å². The van der Waals surface area contributed by atoms with Gasteiger partial charge in [-0.25, -0.2) is 13.9 Å². The van der Waals surface area contributed by atoms with Gasteiger partial charge in [-0.2, -0.15) is 0 Å². The number of pyridine rings is 1. The zero-order valence-corrected chi connectivity index (χ0v) is 17.6. The van der Waals surface area contributed by atoms with E-state index < -0.39 is 0 Å². The average molecular weight is 419 g/mol. The van der Waals surface area contributed by atoms with E-state index in [1.807, 2.05) is 41.0 Å². The topological polar surface area (TPSA) is 86.2 Å². The van der Waals surface area contributed by atoms with Gasteiger partial charge in [-0.05, 0) is 42.5 Å². The summed E-state index contributed by atoms with van der Waals surface area (Å²) < 4.78 is 4.85. The van der Waals surface area contributed by atoms with E-state index in [1.54, 1.807) is 16.8 Å². The highest BCUT2D eigenvalue weighted by Gasteiger charge is 2.24. The molecule has 1 fully saturated rings. The number of carbonyl (C=O) groups is 1. The van der Waals surface area contributed by atoms with E-state index in [0.717, 1.165) is 35.9 Å². The highest BCUT2D eigenvalue weighted by Crippen LogP contribution is 2.24. The Kier molecular flexibility index (Phi) is 5.05. The van der Waals surface area contributed by atoms with Crippen LogP contribution in [-0.4, -0.2) is 35.7 Å². The van der Waals surface area contributed by atoms with Crippen molar-refractivity contribution in [3.63, 3.8) is 0 Å². The van der Waals surface area contributed by atoms with Crippen LogP contribution in [0.3, 0.4) is 0 Å². The molecule has 4 aromatic rings. The molecule has 8 heteroatoms. The third-order valence-corrected chi connectivity index (χ3v) is 6.29. The maximum absolute atomic E-state index is 13.1. The second-order valence-electron chi connectivity index (χ2n) is 8.45. The largest absolute Gasteiger partial charge is 0.352 e. The zero-order valence-electron chi connectivity index (χ0n) is 17.6. The number of imidazole rings is 1. The van der Waals surface area contributed by atoms with Crippen LogP contribution >= 0.6 is 0 Å². The first kappa shape index (κ1) is 19.5. The van der Waals surface area contributed by atoms with Gasteiger partial charge in [-0.1, -0.05) is 38.0 Å². The number of carbonyl (C=O) groups excluding carboxylic acids is 1. The summed E-state index contributed by atoms with van der Waals surface area (Å²) in [7, 11) is 0. The summed E-state index contributed by atoms with van der Waals surface area (Å²) in [5, 5.41) is 7.79. The molecular formula is C23H26N6O2. The molecule has 1 aromatic carbocycles. The van der Waals surface area contributed by atoms with Crippen molar-refractivity contribution in [1.29, 1.82) is 0 Å². The fraction of sp³-hybridized carbons (Fsp3) is 0.391. The van der Waals surface area contributed by atoms with E-state index >= 15 is 0 Å². The van der Waals surface area contributed by atoms with E-state index in [0.29, 0.717) is 18.2 Å². The van der Waals surface area contributed by atoms with Crippen molar-refractivity contribution >= 4 is 22.7 Å². The molecule has 3 heterocycles. The van der Waals surface area contributed by atoms with Gasteiger partial charge in [0, 0.05) is 18.4 Å². The Morgan fingerprint density at radius 3 is 2.71 bits per heavy atom. The number of benzene rings is 1. The standard InChI is InChI=1S/C23H26N6O2/c1-16-7-2-3-9-18(16)25-21(30)15-27-19-10-4-5-11-20(19)29-22(27)26-28(23(29)31)14-17-8-6-12-24-13-17/h4-6,8,10-13,16,18H,2-3,7,9,14-15H2,1H3,(H,25,30)/t16-,18+/m1/s1. The molecule has 3 aromatic heterocycles. The normalized spacial score (nSPS) is 19.1. The van der Waals surface area contributed by atoms with Crippen LogP contribution < -0.4 is 11.0 Å². The van der Waals surface area contributed by atoms with Crippen molar-refractivity contribution in [3.05, 3.63) is 64.8 Å². The summed E-state index contributed by atoms with van der Waals surface area (Å²) >= 11 is 0. The molecule has 1 amide bonds. The Morgan fingerprint density at radius 2 is 1.94 bits per heavy atom. The minimum atomic E-state index is -0.227. The Morgan fingerprint density at radius 1 is 1.13 bits per heavy atom. The number of aromatic nitrogens is 5. The average Bonchev–Trinajstić information content (AvgIpc) is 3.25. The SMILES string of the molecule is C[C@@H]1CCCC[C@@H]1NC(=O)Cn1c2ccccc2n2c(=O)n(Cc3cccnc3)nc12. The highest BCUT2D eigenvalue weighted by molar-refractivity contribution is 5.84. The lowest BCUT2D eigenvalue weighted by Crippen LogP contribution is -2.42. The number of hydrogen-bond acceptors (Lipinski definition) is 4. The zero-order chi connectivity index (χ0) is 21.4. The van der Waals surface area contributed by atoms with Gasteiger partial charge >= 0.3 is 5.69 Å². The van der Waals surface area contributed by atoms with Crippen molar-refractivity contribution in [2.24, 2.45) is 5.92 Å². The van der Waals surface area contributed by atoms with Crippen molar-refractivity contribution < 1.29 is 4.79 Å². The molecule has 160 valence electrons. The van der Waals surface area contributed by atoms with Gasteiger partial charge in [-0.3, -0.25) is 14.3 Å². The van der Waals surface area contributed by atoms with Crippen LogP contribution in [0.1, 0.15) is 38.2 Å². The summed E-state index contributed by atoms with van der Waals surface area (Å²) in [6.45, 7) is 2.66. The van der Waals surface area contributed by atoms with Crippen LogP contribution in [0.15, 0.2) is 53.6 Å². The molecule has 8 nitrogen and oxygen atoms in total. The number of nitrogens with one attached hydrogen (secondary N) is 1. The minimum Gasteiger partial charge on any atom is -0.352 e. The van der Waals surface area contributed by atoms with Crippen LogP contribution in [0.25, 0.3) is 16.8 Å². The van der Waals surface area contributed by atoms with Crippen LogP contribution in [0.2, 0.25) is 0 Å². The molecule has 0 saturated heterocycles. The number of hydrogen-bond donors (Lipinski definition) is 1. The molecule has 1 N–H and O–H groups in total. The van der Waals surface area contributed by atoms with Crippen LogP contribution in [0, 0.1) is 5.92 Å². The second kappa shape index (κ2) is 8.02. The van der Waals surface area contributed by atoms with Gasteiger partial charge in [0.1, 0.15) is 6.54 Å². The van der Waals surface area contributed by atoms with Gasteiger partial charge < -0.3 is 5.32 Å². The lowest BCUT2D eigenvalue weighted by molar-refractivity contribution is -0.122. The molecular weight excluding hydrogens is 392 g/mol. The molecule has 1 saturated carbocycles. The summed E-state index contributed by atoms with van der Waals surface area (Å²) in [4.78, 5) is 30.2. The molecule has 1 aliphatic rings. The lowest BCUT2D eigenvalue weighted by Gasteiger charge is -2.29. The molecule has 0 radical (unpaired) electrons. The Balaban J connectivity index is 1.51. The van der Waals surface area contributed by atoms with Crippen molar-refractivity contribution in [3.8, 4) is 0 Å². The van der Waals surface area contributed by atoms with Gasteiger partial charge in [0.25, 0.3) is 0 Å². The first-order valence-electron chi connectivity index (χ1n) is 10.9. The first-order valence-corrected chi connectivity index (χ1v) is 10.9. The number of rotatable bonds is 5. The third-order valence-electron chi connectivity index (χ3n) is 6.29. The molecule has 31 heavy (non-hydrogen) atoms. The predicted molar refractivity (Wildman–Crippen MR) is 118 cm³/mol.